The van der Waals surface area contributed by atoms with Crippen molar-refractivity contribution < 1.29 is 13.2 Å². The topological polar surface area (TPSA) is 15.3 Å². The van der Waals surface area contributed by atoms with E-state index in [2.05, 4.69) is 5.32 Å². The Morgan fingerprint density at radius 1 is 1.32 bits per heavy atom. The first-order valence-corrected chi connectivity index (χ1v) is 7.34. The molecule has 0 aliphatic carbocycles. The first-order chi connectivity index (χ1) is 8.90. The molecule has 110 valence electrons. The van der Waals surface area contributed by atoms with Crippen LogP contribution < -0.4 is 5.32 Å². The Morgan fingerprint density at radius 3 is 2.58 bits per heavy atom. The quantitative estimate of drug-likeness (QED) is 0.735. The van der Waals surface area contributed by atoms with Crippen LogP contribution in [0.3, 0.4) is 0 Å². The van der Waals surface area contributed by atoms with E-state index in [1.807, 2.05) is 19.1 Å². The highest BCUT2D eigenvalue weighted by molar-refractivity contribution is 7.16. The molecule has 0 bridgehead atoms. The number of nitrogens with one attached hydrogen (secondary N) is 1. The zero-order valence-electron chi connectivity index (χ0n) is 10.8. The molecule has 0 fully saturated rings. The molecule has 1 heterocycles. The molecule has 0 saturated heterocycles. The number of rotatable bonds is 8. The van der Waals surface area contributed by atoms with Crippen LogP contribution in [0.2, 0.25) is 4.34 Å². The summed E-state index contributed by atoms with van der Waals surface area (Å²) in [7, 11) is 0. The molecule has 19 heavy (non-hydrogen) atoms. The number of thiophene rings is 1. The maximum absolute atomic E-state index is 12.3. The summed E-state index contributed by atoms with van der Waals surface area (Å²) in [4.78, 5) is 2.51. The van der Waals surface area contributed by atoms with Crippen molar-refractivity contribution in [2.45, 2.75) is 26.1 Å². The number of hydrogen-bond acceptors (Lipinski definition) is 3. The van der Waals surface area contributed by atoms with Crippen LogP contribution in [0.5, 0.6) is 0 Å². The summed E-state index contributed by atoms with van der Waals surface area (Å²) in [6, 6.07) is 3.73. The van der Waals surface area contributed by atoms with E-state index in [0.29, 0.717) is 26.2 Å². The first-order valence-electron chi connectivity index (χ1n) is 6.14. The Bertz CT molecular complexity index is 368. The van der Waals surface area contributed by atoms with Crippen molar-refractivity contribution in [3.63, 3.8) is 0 Å². The predicted octanol–water partition coefficient (Wildman–Crippen LogP) is 3.77. The lowest BCUT2D eigenvalue weighted by Crippen LogP contribution is -2.39. The van der Waals surface area contributed by atoms with Gasteiger partial charge in [-0.05, 0) is 25.1 Å². The van der Waals surface area contributed by atoms with Crippen molar-refractivity contribution >= 4 is 22.9 Å². The SMILES string of the molecule is CCCN(CCNCc1ccc(Cl)s1)CC(F)(F)F. The molecule has 1 rings (SSSR count). The second-order valence-corrected chi connectivity index (χ2v) is 6.07. The van der Waals surface area contributed by atoms with Crippen molar-refractivity contribution in [1.29, 1.82) is 0 Å². The van der Waals surface area contributed by atoms with E-state index in [9.17, 15) is 13.2 Å². The third kappa shape index (κ3) is 7.77. The van der Waals surface area contributed by atoms with Crippen molar-refractivity contribution in [1.82, 2.24) is 10.2 Å². The second kappa shape index (κ2) is 8.09. The molecule has 0 unspecified atom stereocenters. The minimum absolute atomic E-state index is 0.395. The highest BCUT2D eigenvalue weighted by Gasteiger charge is 2.29. The van der Waals surface area contributed by atoms with Gasteiger partial charge >= 0.3 is 6.18 Å². The van der Waals surface area contributed by atoms with Crippen LogP contribution in [0.25, 0.3) is 0 Å². The molecular weight excluding hydrogens is 297 g/mol. The summed E-state index contributed by atoms with van der Waals surface area (Å²) in [5.74, 6) is 0. The zero-order chi connectivity index (χ0) is 14.3. The van der Waals surface area contributed by atoms with Gasteiger partial charge in [-0.25, -0.2) is 0 Å². The zero-order valence-corrected chi connectivity index (χ0v) is 12.3. The van der Waals surface area contributed by atoms with Gasteiger partial charge in [0, 0.05) is 24.5 Å². The van der Waals surface area contributed by atoms with Gasteiger partial charge in [0.05, 0.1) is 10.9 Å². The highest BCUT2D eigenvalue weighted by atomic mass is 35.5. The molecular formula is C12H18ClF3N2S. The summed E-state index contributed by atoms with van der Waals surface area (Å²) < 4.78 is 37.7. The third-order valence-corrected chi connectivity index (χ3v) is 3.71. The largest absolute Gasteiger partial charge is 0.401 e. The Morgan fingerprint density at radius 2 is 2.05 bits per heavy atom. The average Bonchev–Trinajstić information content (AvgIpc) is 2.68. The molecule has 0 aliphatic rings. The molecule has 1 aromatic heterocycles. The van der Waals surface area contributed by atoms with Crippen molar-refractivity contribution in [3.05, 3.63) is 21.3 Å². The molecule has 0 atom stereocenters. The molecule has 1 N–H and O–H groups in total. The molecule has 1 aromatic rings. The summed E-state index contributed by atoms with van der Waals surface area (Å²) in [6.07, 6.45) is -3.41. The minimum Gasteiger partial charge on any atom is -0.311 e. The Balaban J connectivity index is 2.24. The van der Waals surface area contributed by atoms with E-state index in [1.165, 1.54) is 16.2 Å². The van der Waals surface area contributed by atoms with E-state index >= 15 is 0 Å². The van der Waals surface area contributed by atoms with Gasteiger partial charge in [0.1, 0.15) is 0 Å². The van der Waals surface area contributed by atoms with Gasteiger partial charge in [-0.2, -0.15) is 13.2 Å². The fourth-order valence-corrected chi connectivity index (χ4v) is 2.79. The normalized spacial score (nSPS) is 12.3. The van der Waals surface area contributed by atoms with Crippen molar-refractivity contribution in [2.75, 3.05) is 26.2 Å². The molecule has 0 saturated carbocycles. The van der Waals surface area contributed by atoms with Crippen LogP contribution in [0, 0.1) is 0 Å². The Kier molecular flexibility index (Phi) is 7.13. The lowest BCUT2D eigenvalue weighted by Gasteiger charge is -2.23. The third-order valence-electron chi connectivity index (χ3n) is 2.48. The molecule has 0 aromatic carbocycles. The van der Waals surface area contributed by atoms with Gasteiger partial charge in [-0.15, -0.1) is 11.3 Å². The van der Waals surface area contributed by atoms with Crippen LogP contribution in [0.1, 0.15) is 18.2 Å². The second-order valence-electron chi connectivity index (χ2n) is 4.27. The fourth-order valence-electron chi connectivity index (χ4n) is 1.74. The first kappa shape index (κ1) is 16.8. The van der Waals surface area contributed by atoms with Gasteiger partial charge in [0.2, 0.25) is 0 Å². The molecule has 0 spiro atoms. The van der Waals surface area contributed by atoms with Crippen LogP contribution >= 0.6 is 22.9 Å². The molecule has 0 radical (unpaired) electrons. The van der Waals surface area contributed by atoms with Crippen LogP contribution in [-0.2, 0) is 6.54 Å². The molecule has 7 heteroatoms. The van der Waals surface area contributed by atoms with Crippen molar-refractivity contribution in [2.24, 2.45) is 0 Å². The molecule has 2 nitrogen and oxygen atoms in total. The van der Waals surface area contributed by atoms with Gasteiger partial charge in [-0.1, -0.05) is 18.5 Å². The average molecular weight is 315 g/mol. The van der Waals surface area contributed by atoms with Crippen LogP contribution in [0.4, 0.5) is 13.2 Å². The number of nitrogens with zero attached hydrogens (tertiary/aromatic N) is 1. The minimum atomic E-state index is -4.13. The standard InChI is InChI=1S/C12H18ClF3N2S/c1-2-6-18(9-12(14,15)16)7-5-17-8-10-3-4-11(13)19-10/h3-4,17H,2,5-9H2,1H3. The monoisotopic (exact) mass is 314 g/mol. The van der Waals surface area contributed by atoms with Crippen LogP contribution in [0.15, 0.2) is 12.1 Å². The molecule has 0 aliphatic heterocycles. The number of hydrogen-bond donors (Lipinski definition) is 1. The molecule has 0 amide bonds. The highest BCUT2D eigenvalue weighted by Crippen LogP contribution is 2.21. The summed E-state index contributed by atoms with van der Waals surface area (Å²) >= 11 is 7.27. The lowest BCUT2D eigenvalue weighted by molar-refractivity contribution is -0.145. The van der Waals surface area contributed by atoms with E-state index in [4.69, 9.17) is 11.6 Å². The number of halogens is 4. The van der Waals surface area contributed by atoms with Gasteiger partial charge < -0.3 is 5.32 Å². The maximum atomic E-state index is 12.3. The Labute approximate surface area is 120 Å². The fraction of sp³-hybridized carbons (Fsp3) is 0.667. The number of alkyl halides is 3. The Hall–Kier alpha value is -0.300. The lowest BCUT2D eigenvalue weighted by atomic mass is 10.3. The van der Waals surface area contributed by atoms with E-state index in [-0.39, 0.29) is 0 Å². The van der Waals surface area contributed by atoms with E-state index < -0.39 is 12.7 Å². The van der Waals surface area contributed by atoms with Gasteiger partial charge in [0.25, 0.3) is 0 Å². The van der Waals surface area contributed by atoms with Gasteiger partial charge in [-0.3, -0.25) is 4.90 Å². The van der Waals surface area contributed by atoms with E-state index in [0.717, 1.165) is 15.6 Å². The summed E-state index contributed by atoms with van der Waals surface area (Å²) in [6.45, 7) is 3.07. The maximum Gasteiger partial charge on any atom is 0.401 e. The van der Waals surface area contributed by atoms with Crippen LogP contribution in [-0.4, -0.2) is 37.3 Å². The van der Waals surface area contributed by atoms with E-state index in [1.54, 1.807) is 0 Å². The summed E-state index contributed by atoms with van der Waals surface area (Å²) in [5, 5.41) is 3.13. The predicted molar refractivity (Wildman–Crippen MR) is 73.8 cm³/mol. The smallest absolute Gasteiger partial charge is 0.311 e. The van der Waals surface area contributed by atoms with Gasteiger partial charge in [0.15, 0.2) is 0 Å². The summed E-state index contributed by atoms with van der Waals surface area (Å²) in [5.41, 5.74) is 0. The van der Waals surface area contributed by atoms with Crippen molar-refractivity contribution in [3.8, 4) is 0 Å².